The third-order valence-electron chi connectivity index (χ3n) is 4.44. The second-order valence-electron chi connectivity index (χ2n) is 6.04. The van der Waals surface area contributed by atoms with Crippen molar-refractivity contribution < 1.29 is 0 Å². The monoisotopic (exact) mass is 355 g/mol. The van der Waals surface area contributed by atoms with Gasteiger partial charge in [-0.1, -0.05) is 0 Å². The molecule has 2 N–H and O–H groups in total. The van der Waals surface area contributed by atoms with Crippen LogP contribution >= 0.6 is 0 Å². The number of anilines is 1. The van der Waals surface area contributed by atoms with Crippen molar-refractivity contribution >= 4 is 28.1 Å². The summed E-state index contributed by atoms with van der Waals surface area (Å²) >= 11 is 0. The number of nitrogen functional groups attached to an aromatic ring is 1. The van der Waals surface area contributed by atoms with Crippen LogP contribution in [0.15, 0.2) is 28.6 Å². The highest BCUT2D eigenvalue weighted by Gasteiger charge is 2.14. The van der Waals surface area contributed by atoms with Crippen molar-refractivity contribution in [2.24, 2.45) is 14.1 Å². The number of nitrogens with two attached hydrogens (primary N) is 1. The lowest BCUT2D eigenvalue weighted by atomic mass is 10.4. The van der Waals surface area contributed by atoms with Crippen molar-refractivity contribution in [2.45, 2.75) is 19.5 Å². The lowest BCUT2D eigenvalue weighted by molar-refractivity contribution is 0.575. The van der Waals surface area contributed by atoms with Gasteiger partial charge in [-0.2, -0.15) is 0 Å². The molecule has 0 radical (unpaired) electrons. The molecule has 26 heavy (non-hydrogen) atoms. The molecule has 11 heteroatoms. The SMILES string of the molecule is Cn1c(=O)c2c(ncn2CCCn2cnc3c(N)ncnc32)n(C)c1=O. The van der Waals surface area contributed by atoms with Crippen LogP contribution in [0.3, 0.4) is 0 Å². The van der Waals surface area contributed by atoms with Gasteiger partial charge in [0.1, 0.15) is 11.8 Å². The van der Waals surface area contributed by atoms with Gasteiger partial charge in [-0.25, -0.2) is 24.7 Å². The van der Waals surface area contributed by atoms with E-state index in [1.54, 1.807) is 24.3 Å². The van der Waals surface area contributed by atoms with Crippen molar-refractivity contribution in [2.75, 3.05) is 5.73 Å². The molecule has 0 aliphatic carbocycles. The topological polar surface area (TPSA) is 131 Å². The Morgan fingerprint density at radius 1 is 0.923 bits per heavy atom. The number of hydrogen-bond donors (Lipinski definition) is 1. The van der Waals surface area contributed by atoms with Crippen molar-refractivity contribution in [1.82, 2.24) is 38.2 Å². The molecule has 0 saturated heterocycles. The summed E-state index contributed by atoms with van der Waals surface area (Å²) in [4.78, 5) is 41.0. The summed E-state index contributed by atoms with van der Waals surface area (Å²) in [6.07, 6.45) is 5.37. The molecule has 4 aromatic rings. The molecule has 0 aliphatic heterocycles. The van der Waals surface area contributed by atoms with E-state index in [0.29, 0.717) is 47.7 Å². The Labute approximate surface area is 146 Å². The summed E-state index contributed by atoms with van der Waals surface area (Å²) < 4.78 is 6.11. The van der Waals surface area contributed by atoms with Gasteiger partial charge in [0.2, 0.25) is 0 Å². The van der Waals surface area contributed by atoms with Crippen LogP contribution in [0.25, 0.3) is 22.3 Å². The second kappa shape index (κ2) is 5.79. The van der Waals surface area contributed by atoms with E-state index < -0.39 is 5.69 Å². The zero-order valence-corrected chi connectivity index (χ0v) is 14.3. The minimum Gasteiger partial charge on any atom is -0.382 e. The highest BCUT2D eigenvalue weighted by molar-refractivity contribution is 5.81. The number of nitrogens with zero attached hydrogens (tertiary/aromatic N) is 8. The summed E-state index contributed by atoms with van der Waals surface area (Å²) in [7, 11) is 3.06. The molecule has 0 amide bonds. The van der Waals surface area contributed by atoms with Gasteiger partial charge in [-0.3, -0.25) is 13.9 Å². The maximum absolute atomic E-state index is 12.4. The molecule has 4 rings (SSSR count). The first-order chi connectivity index (χ1) is 12.5. The van der Waals surface area contributed by atoms with E-state index in [2.05, 4.69) is 19.9 Å². The van der Waals surface area contributed by atoms with E-state index >= 15 is 0 Å². The normalized spacial score (nSPS) is 11.6. The molecule has 0 spiro atoms. The van der Waals surface area contributed by atoms with Gasteiger partial charge in [-0.05, 0) is 6.42 Å². The minimum absolute atomic E-state index is 0.346. The third kappa shape index (κ3) is 2.28. The quantitative estimate of drug-likeness (QED) is 0.509. The van der Waals surface area contributed by atoms with Gasteiger partial charge in [0.15, 0.2) is 22.6 Å². The molecule has 0 fully saturated rings. The number of fused-ring (bicyclic) bond motifs is 2. The average Bonchev–Trinajstić information content (AvgIpc) is 3.24. The first-order valence-electron chi connectivity index (χ1n) is 8.01. The highest BCUT2D eigenvalue weighted by Crippen LogP contribution is 2.15. The number of aromatic nitrogens is 8. The van der Waals surface area contributed by atoms with Gasteiger partial charge in [0.25, 0.3) is 5.56 Å². The van der Waals surface area contributed by atoms with Crippen molar-refractivity contribution in [3.63, 3.8) is 0 Å². The number of imidazole rings is 2. The molecule has 0 aliphatic rings. The Hall–Kier alpha value is -3.50. The summed E-state index contributed by atoms with van der Waals surface area (Å²) in [6, 6.07) is 0. The number of rotatable bonds is 4. The zero-order valence-electron chi connectivity index (χ0n) is 14.3. The molecular formula is C15H17N9O2. The Bertz CT molecular complexity index is 1240. The van der Waals surface area contributed by atoms with Crippen molar-refractivity contribution in [1.29, 1.82) is 0 Å². The fourth-order valence-electron chi connectivity index (χ4n) is 3.04. The lowest BCUT2D eigenvalue weighted by Crippen LogP contribution is -2.37. The predicted molar refractivity (Wildman–Crippen MR) is 94.6 cm³/mol. The maximum atomic E-state index is 12.4. The minimum atomic E-state index is -0.394. The van der Waals surface area contributed by atoms with Crippen LogP contribution in [0.2, 0.25) is 0 Å². The van der Waals surface area contributed by atoms with E-state index in [9.17, 15) is 9.59 Å². The van der Waals surface area contributed by atoms with Gasteiger partial charge < -0.3 is 14.9 Å². The summed E-state index contributed by atoms with van der Waals surface area (Å²) in [5, 5.41) is 0. The van der Waals surface area contributed by atoms with Gasteiger partial charge in [-0.15, -0.1) is 0 Å². The molecule has 0 bridgehead atoms. The zero-order chi connectivity index (χ0) is 18.4. The molecule has 4 aromatic heterocycles. The van der Waals surface area contributed by atoms with Crippen LogP contribution < -0.4 is 17.0 Å². The van der Waals surface area contributed by atoms with E-state index in [-0.39, 0.29) is 5.56 Å². The summed E-state index contributed by atoms with van der Waals surface area (Å²) in [5.74, 6) is 0.346. The molecule has 0 unspecified atom stereocenters. The van der Waals surface area contributed by atoms with Crippen LogP contribution in [0.5, 0.6) is 0 Å². The van der Waals surface area contributed by atoms with Crippen LogP contribution in [-0.4, -0.2) is 38.2 Å². The second-order valence-corrected chi connectivity index (χ2v) is 6.04. The van der Waals surface area contributed by atoms with Gasteiger partial charge >= 0.3 is 5.69 Å². The van der Waals surface area contributed by atoms with Crippen molar-refractivity contribution in [3.8, 4) is 0 Å². The Kier molecular flexibility index (Phi) is 3.56. The Morgan fingerprint density at radius 2 is 1.65 bits per heavy atom. The van der Waals surface area contributed by atoms with E-state index in [1.807, 2.05) is 4.57 Å². The summed E-state index contributed by atoms with van der Waals surface area (Å²) in [6.45, 7) is 1.20. The van der Waals surface area contributed by atoms with Crippen LogP contribution in [-0.2, 0) is 27.2 Å². The fourth-order valence-corrected chi connectivity index (χ4v) is 3.04. The molecule has 0 saturated carbocycles. The first-order valence-corrected chi connectivity index (χ1v) is 8.01. The Balaban J connectivity index is 1.62. The molecule has 4 heterocycles. The predicted octanol–water partition coefficient (Wildman–Crippen LogP) is -0.754. The molecule has 0 atom stereocenters. The average molecular weight is 355 g/mol. The largest absolute Gasteiger partial charge is 0.382 e. The van der Waals surface area contributed by atoms with Gasteiger partial charge in [0, 0.05) is 27.2 Å². The van der Waals surface area contributed by atoms with E-state index in [4.69, 9.17) is 5.73 Å². The molecule has 11 nitrogen and oxygen atoms in total. The standard InChI is InChI=1S/C15H17N9O2/c1-21-13-10(14(25)22(2)15(21)26)23(8-20-13)4-3-5-24-7-19-9-11(16)17-6-18-12(9)24/h6-8H,3-5H2,1-2H3,(H2,16,17,18). The van der Waals surface area contributed by atoms with Crippen LogP contribution in [0, 0.1) is 0 Å². The van der Waals surface area contributed by atoms with Crippen molar-refractivity contribution in [3.05, 3.63) is 39.8 Å². The summed E-state index contributed by atoms with van der Waals surface area (Å²) in [5.41, 5.74) is 7.09. The third-order valence-corrected chi connectivity index (χ3v) is 4.44. The smallest absolute Gasteiger partial charge is 0.332 e. The van der Waals surface area contributed by atoms with Gasteiger partial charge in [0.05, 0.1) is 12.7 Å². The maximum Gasteiger partial charge on any atom is 0.332 e. The number of hydrogen-bond acceptors (Lipinski definition) is 7. The van der Waals surface area contributed by atoms with E-state index in [1.165, 1.54) is 17.9 Å². The van der Waals surface area contributed by atoms with Crippen LogP contribution in [0.1, 0.15) is 6.42 Å². The lowest BCUT2D eigenvalue weighted by Gasteiger charge is -2.07. The molecule has 134 valence electrons. The fraction of sp³-hybridized carbons (Fsp3) is 0.333. The van der Waals surface area contributed by atoms with E-state index in [0.717, 1.165) is 4.57 Å². The highest BCUT2D eigenvalue weighted by atomic mass is 16.2. The van der Waals surface area contributed by atoms with Crippen LogP contribution in [0.4, 0.5) is 5.82 Å². The first kappa shape index (κ1) is 16.0. The molecule has 0 aromatic carbocycles. The molecular weight excluding hydrogens is 338 g/mol. The Morgan fingerprint density at radius 3 is 2.46 bits per heavy atom. The number of aryl methyl sites for hydroxylation is 3.